The Labute approximate surface area is 219 Å². The molecule has 36 heavy (non-hydrogen) atoms. The van der Waals surface area contributed by atoms with Crippen LogP contribution in [0.1, 0.15) is 55.8 Å². The van der Waals surface area contributed by atoms with E-state index in [9.17, 15) is 9.90 Å². The molecule has 1 saturated carbocycles. The standard InChI is InChI=1S/C28H41N5O2S/c1-18(26(35)33-15-13-32(4)14-16-33)21-8-10-28(3)17-22-24(19(2)23(28)25(21)34)31-27(36-22)30-12-9-20-7-5-6-11-29-20/h5-7,11,18-19,21,23,25,34H,8-10,12-17H2,1-4H3,(H,30,31)/p+1/t18-,19-,21+,23+,25-,28-/m0/s1. The molecule has 0 spiro atoms. The van der Waals surface area contributed by atoms with Gasteiger partial charge in [-0.1, -0.05) is 26.8 Å². The second-order valence-electron chi connectivity index (χ2n) is 11.7. The number of aliphatic hydroxyl groups excluding tert-OH is 1. The first-order valence-corrected chi connectivity index (χ1v) is 14.5. The molecule has 3 N–H and O–H groups in total. The van der Waals surface area contributed by atoms with Crippen molar-refractivity contribution in [3.8, 4) is 0 Å². The van der Waals surface area contributed by atoms with Crippen LogP contribution < -0.4 is 10.2 Å². The molecular formula is C28H42N5O2S+. The molecule has 196 valence electrons. The second-order valence-corrected chi connectivity index (χ2v) is 12.8. The minimum absolute atomic E-state index is 0.0150. The lowest BCUT2D eigenvalue weighted by molar-refractivity contribution is -0.883. The molecule has 2 aromatic heterocycles. The quantitative estimate of drug-likeness (QED) is 0.553. The molecule has 5 rings (SSSR count). The smallest absolute Gasteiger partial charge is 0.226 e. The zero-order valence-corrected chi connectivity index (χ0v) is 23.0. The van der Waals surface area contributed by atoms with E-state index >= 15 is 0 Å². The molecule has 3 aliphatic rings. The summed E-state index contributed by atoms with van der Waals surface area (Å²) < 4.78 is 0. The Morgan fingerprint density at radius 2 is 2.14 bits per heavy atom. The molecule has 0 bridgehead atoms. The van der Waals surface area contributed by atoms with Crippen molar-refractivity contribution in [3.63, 3.8) is 0 Å². The average molecular weight is 513 g/mol. The van der Waals surface area contributed by atoms with Crippen LogP contribution in [0.3, 0.4) is 0 Å². The Morgan fingerprint density at radius 1 is 1.36 bits per heavy atom. The monoisotopic (exact) mass is 512 g/mol. The Bertz CT molecular complexity index is 1050. The number of fused-ring (bicyclic) bond motifs is 2. The number of nitrogens with one attached hydrogen (secondary N) is 2. The first kappa shape index (κ1) is 25.6. The third-order valence-electron chi connectivity index (χ3n) is 9.27. The lowest BCUT2D eigenvalue weighted by Crippen LogP contribution is -3.12. The van der Waals surface area contributed by atoms with Crippen LogP contribution in [0.25, 0.3) is 0 Å². The number of hydrogen-bond donors (Lipinski definition) is 3. The maximum atomic E-state index is 13.4. The van der Waals surface area contributed by atoms with Crippen molar-refractivity contribution < 1.29 is 14.8 Å². The summed E-state index contributed by atoms with van der Waals surface area (Å²) >= 11 is 1.77. The number of carbonyl (C=O) groups is 1. The number of hydrogen-bond acceptors (Lipinski definition) is 6. The van der Waals surface area contributed by atoms with E-state index in [0.29, 0.717) is 0 Å². The van der Waals surface area contributed by atoms with Crippen LogP contribution in [-0.4, -0.2) is 71.8 Å². The maximum absolute atomic E-state index is 13.4. The van der Waals surface area contributed by atoms with Gasteiger partial charge in [0.1, 0.15) is 0 Å². The molecule has 1 saturated heterocycles. The highest BCUT2D eigenvalue weighted by Crippen LogP contribution is 2.57. The number of likely N-dealkylation sites (N-methyl/N-ethyl adjacent to an activating group) is 1. The first-order chi connectivity index (χ1) is 17.3. The normalized spacial score (nSPS) is 31.4. The van der Waals surface area contributed by atoms with Gasteiger partial charge in [-0.05, 0) is 48.6 Å². The molecular weight excluding hydrogens is 470 g/mol. The Morgan fingerprint density at radius 3 is 2.86 bits per heavy atom. The average Bonchev–Trinajstić information content (AvgIpc) is 3.27. The minimum Gasteiger partial charge on any atom is -0.392 e. The van der Waals surface area contributed by atoms with Crippen LogP contribution in [0, 0.1) is 23.2 Å². The number of aromatic nitrogens is 2. The molecule has 2 fully saturated rings. The summed E-state index contributed by atoms with van der Waals surface area (Å²) in [4.78, 5) is 27.6. The predicted octanol–water partition coefficient (Wildman–Crippen LogP) is 2.24. The Hall–Kier alpha value is -2.03. The van der Waals surface area contributed by atoms with E-state index in [2.05, 4.69) is 44.2 Å². The van der Waals surface area contributed by atoms with E-state index in [1.54, 1.807) is 11.3 Å². The van der Waals surface area contributed by atoms with Gasteiger partial charge in [0.25, 0.3) is 0 Å². The van der Waals surface area contributed by atoms with Crippen LogP contribution in [0.15, 0.2) is 24.4 Å². The summed E-state index contributed by atoms with van der Waals surface area (Å²) in [6.07, 6.45) is 5.14. The third kappa shape index (κ3) is 4.92. The molecule has 8 heteroatoms. The third-order valence-corrected chi connectivity index (χ3v) is 10.3. The van der Waals surface area contributed by atoms with Crippen molar-refractivity contribution in [3.05, 3.63) is 40.7 Å². The zero-order valence-electron chi connectivity index (χ0n) is 22.2. The fourth-order valence-electron chi connectivity index (χ4n) is 7.05. The number of thiazole rings is 1. The van der Waals surface area contributed by atoms with Gasteiger partial charge >= 0.3 is 0 Å². The molecule has 1 amide bonds. The van der Waals surface area contributed by atoms with Gasteiger partial charge in [0.05, 0.1) is 45.0 Å². The number of piperazine rings is 1. The van der Waals surface area contributed by atoms with E-state index in [-0.39, 0.29) is 35.0 Å². The topological polar surface area (TPSA) is 82.8 Å². The number of anilines is 1. The molecule has 0 radical (unpaired) electrons. The van der Waals surface area contributed by atoms with Crippen LogP contribution in [-0.2, 0) is 17.6 Å². The number of aliphatic hydroxyl groups is 1. The molecule has 2 aromatic rings. The zero-order chi connectivity index (χ0) is 25.4. The van der Waals surface area contributed by atoms with Crippen molar-refractivity contribution in [2.24, 2.45) is 23.2 Å². The van der Waals surface area contributed by atoms with Crippen molar-refractivity contribution in [2.75, 3.05) is 45.1 Å². The second kappa shape index (κ2) is 10.4. The maximum Gasteiger partial charge on any atom is 0.226 e. The first-order valence-electron chi connectivity index (χ1n) is 13.7. The van der Waals surface area contributed by atoms with Gasteiger partial charge in [-0.15, -0.1) is 11.3 Å². The van der Waals surface area contributed by atoms with Crippen molar-refractivity contribution in [1.29, 1.82) is 0 Å². The van der Waals surface area contributed by atoms with Crippen molar-refractivity contribution in [2.45, 2.75) is 58.5 Å². The molecule has 0 unspecified atom stereocenters. The summed E-state index contributed by atoms with van der Waals surface area (Å²) in [5, 5.41) is 16.2. The van der Waals surface area contributed by atoms with Gasteiger partial charge in [0.2, 0.25) is 5.91 Å². The van der Waals surface area contributed by atoms with Gasteiger partial charge in [-0.3, -0.25) is 9.78 Å². The Balaban J connectivity index is 1.27. The van der Waals surface area contributed by atoms with E-state index in [1.807, 2.05) is 23.2 Å². The fraction of sp³-hybridized carbons (Fsp3) is 0.679. The van der Waals surface area contributed by atoms with Crippen LogP contribution >= 0.6 is 11.3 Å². The van der Waals surface area contributed by atoms with E-state index in [1.165, 1.54) is 9.78 Å². The number of carbonyl (C=O) groups excluding carboxylic acids is 1. The predicted molar refractivity (Wildman–Crippen MR) is 143 cm³/mol. The minimum atomic E-state index is -0.480. The number of rotatable bonds is 6. The summed E-state index contributed by atoms with van der Waals surface area (Å²) in [6, 6.07) is 6.01. The van der Waals surface area contributed by atoms with Crippen LogP contribution in [0.4, 0.5) is 5.13 Å². The summed E-state index contributed by atoms with van der Waals surface area (Å²) in [6.45, 7) is 11.1. The molecule has 1 aliphatic heterocycles. The van der Waals surface area contributed by atoms with E-state index in [4.69, 9.17) is 4.98 Å². The Kier molecular flexibility index (Phi) is 7.39. The highest BCUT2D eigenvalue weighted by Gasteiger charge is 2.54. The summed E-state index contributed by atoms with van der Waals surface area (Å²) in [7, 11) is 2.19. The van der Waals surface area contributed by atoms with Gasteiger partial charge in [-0.2, -0.15) is 0 Å². The van der Waals surface area contributed by atoms with Gasteiger partial charge < -0.3 is 20.2 Å². The van der Waals surface area contributed by atoms with Gasteiger partial charge in [0.15, 0.2) is 5.13 Å². The lowest BCUT2D eigenvalue weighted by Gasteiger charge is -2.53. The highest BCUT2D eigenvalue weighted by molar-refractivity contribution is 7.15. The molecule has 2 aliphatic carbocycles. The fourth-order valence-corrected chi connectivity index (χ4v) is 8.34. The van der Waals surface area contributed by atoms with Gasteiger partial charge in [0, 0.05) is 41.6 Å². The SMILES string of the molecule is C[C@H](C(=O)N1CC[NH+](C)CC1)[C@H]1CC[C@@]2(C)Cc3sc(NCCc4ccccn4)nc3[C@@H](C)[C@@H]2[C@H]1O. The summed E-state index contributed by atoms with van der Waals surface area (Å²) in [5.41, 5.74) is 2.26. The number of pyridine rings is 1. The molecule has 3 heterocycles. The van der Waals surface area contributed by atoms with Crippen LogP contribution in [0.5, 0.6) is 0 Å². The molecule has 6 atom stereocenters. The van der Waals surface area contributed by atoms with Crippen LogP contribution in [0.2, 0.25) is 0 Å². The molecule has 7 nitrogen and oxygen atoms in total. The summed E-state index contributed by atoms with van der Waals surface area (Å²) in [5.74, 6) is 0.400. The van der Waals surface area contributed by atoms with Gasteiger partial charge in [-0.25, -0.2) is 4.98 Å². The number of nitrogens with zero attached hydrogens (tertiary/aromatic N) is 3. The van der Waals surface area contributed by atoms with E-state index < -0.39 is 6.10 Å². The highest BCUT2D eigenvalue weighted by atomic mass is 32.1. The van der Waals surface area contributed by atoms with Crippen molar-refractivity contribution in [1.82, 2.24) is 14.9 Å². The number of quaternary nitrogens is 1. The van der Waals surface area contributed by atoms with Crippen molar-refractivity contribution >= 4 is 22.4 Å². The molecule has 0 aromatic carbocycles. The number of amides is 1. The van der Waals surface area contributed by atoms with E-state index in [0.717, 1.165) is 74.9 Å². The largest absolute Gasteiger partial charge is 0.392 e. The lowest BCUT2D eigenvalue weighted by atomic mass is 9.53.